The maximum atomic E-state index is 4.93. The Morgan fingerprint density at radius 2 is 2.33 bits per heavy atom. The van der Waals surface area contributed by atoms with Crippen LogP contribution in [-0.2, 0) is 0 Å². The molecule has 0 N–H and O–H groups in total. The maximum absolute atomic E-state index is 4.93. The van der Waals surface area contributed by atoms with Crippen LogP contribution < -0.4 is 0 Å². The van der Waals surface area contributed by atoms with E-state index in [-0.39, 0.29) is 0 Å². The lowest BCUT2D eigenvalue weighted by atomic mass is 10.5. The minimum absolute atomic E-state index is 0.467. The van der Waals surface area contributed by atoms with Gasteiger partial charge in [-0.3, -0.25) is 0 Å². The van der Waals surface area contributed by atoms with Crippen molar-refractivity contribution in [3.8, 4) is 11.6 Å². The number of halogens is 1. The summed E-state index contributed by atoms with van der Waals surface area (Å²) < 4.78 is 5.74. The second-order valence-corrected chi connectivity index (χ2v) is 4.27. The molecular weight excluding hydrogens is 242 g/mol. The molecule has 0 bridgehead atoms. The Kier molecular flexibility index (Phi) is 1.93. The van der Waals surface area contributed by atoms with Gasteiger partial charge in [0.2, 0.25) is 0 Å². The first kappa shape index (κ1) is 7.88. The molecule has 0 saturated carbocycles. The minimum Gasteiger partial charge on any atom is -0.332 e. The standard InChI is InChI=1S/C6H4BrN3OS/c1-3-8-5(11-10-3)4-2-12-6(7)9-4/h2H,1H3. The Morgan fingerprint density at radius 1 is 1.50 bits per heavy atom. The van der Waals surface area contributed by atoms with Gasteiger partial charge in [0, 0.05) is 5.38 Å². The molecule has 0 fully saturated rings. The van der Waals surface area contributed by atoms with Gasteiger partial charge in [-0.25, -0.2) is 4.98 Å². The Hall–Kier alpha value is -0.750. The summed E-state index contributed by atoms with van der Waals surface area (Å²) in [5, 5.41) is 5.52. The van der Waals surface area contributed by atoms with Crippen LogP contribution >= 0.6 is 27.3 Å². The predicted molar refractivity (Wildman–Crippen MR) is 47.8 cm³/mol. The summed E-state index contributed by atoms with van der Waals surface area (Å²) in [6.07, 6.45) is 0. The molecule has 0 spiro atoms. The fourth-order valence-corrected chi connectivity index (χ4v) is 1.74. The maximum Gasteiger partial charge on any atom is 0.277 e. The zero-order valence-corrected chi connectivity index (χ0v) is 8.52. The van der Waals surface area contributed by atoms with Crippen molar-refractivity contribution in [1.82, 2.24) is 15.1 Å². The van der Waals surface area contributed by atoms with E-state index in [4.69, 9.17) is 4.52 Å². The zero-order chi connectivity index (χ0) is 8.55. The van der Waals surface area contributed by atoms with E-state index in [0.29, 0.717) is 17.4 Å². The fraction of sp³-hybridized carbons (Fsp3) is 0.167. The van der Waals surface area contributed by atoms with E-state index in [2.05, 4.69) is 31.1 Å². The highest BCUT2D eigenvalue weighted by molar-refractivity contribution is 9.11. The molecule has 0 saturated heterocycles. The molecule has 12 heavy (non-hydrogen) atoms. The topological polar surface area (TPSA) is 51.8 Å². The van der Waals surface area contributed by atoms with E-state index in [1.165, 1.54) is 11.3 Å². The van der Waals surface area contributed by atoms with Crippen molar-refractivity contribution in [2.45, 2.75) is 6.92 Å². The van der Waals surface area contributed by atoms with Crippen LogP contribution in [0.3, 0.4) is 0 Å². The SMILES string of the molecule is Cc1noc(-c2csc(Br)n2)n1. The third-order valence-corrected chi connectivity index (χ3v) is 2.59. The van der Waals surface area contributed by atoms with E-state index in [1.807, 2.05) is 5.38 Å². The summed E-state index contributed by atoms with van der Waals surface area (Å²) in [7, 11) is 0. The van der Waals surface area contributed by atoms with Gasteiger partial charge in [0.05, 0.1) is 0 Å². The number of hydrogen-bond acceptors (Lipinski definition) is 5. The number of aromatic nitrogens is 3. The zero-order valence-electron chi connectivity index (χ0n) is 6.11. The van der Waals surface area contributed by atoms with Crippen LogP contribution in [0.4, 0.5) is 0 Å². The van der Waals surface area contributed by atoms with Crippen LogP contribution in [0.2, 0.25) is 0 Å². The van der Waals surface area contributed by atoms with Gasteiger partial charge in [-0.05, 0) is 22.9 Å². The molecule has 0 aliphatic rings. The first-order valence-corrected chi connectivity index (χ1v) is 4.84. The highest BCUT2D eigenvalue weighted by Crippen LogP contribution is 2.23. The largest absolute Gasteiger partial charge is 0.332 e. The van der Waals surface area contributed by atoms with Crippen molar-refractivity contribution >= 4 is 27.3 Å². The molecule has 4 nitrogen and oxygen atoms in total. The van der Waals surface area contributed by atoms with Gasteiger partial charge >= 0.3 is 0 Å². The number of rotatable bonds is 1. The lowest BCUT2D eigenvalue weighted by molar-refractivity contribution is 0.424. The second kappa shape index (κ2) is 2.95. The highest BCUT2D eigenvalue weighted by Gasteiger charge is 2.09. The van der Waals surface area contributed by atoms with Gasteiger partial charge in [-0.1, -0.05) is 5.16 Å². The van der Waals surface area contributed by atoms with Crippen molar-refractivity contribution in [2.75, 3.05) is 0 Å². The molecule has 0 amide bonds. The molecule has 2 rings (SSSR count). The van der Waals surface area contributed by atoms with Crippen LogP contribution in [0.15, 0.2) is 13.8 Å². The normalized spacial score (nSPS) is 10.5. The van der Waals surface area contributed by atoms with Crippen molar-refractivity contribution in [3.63, 3.8) is 0 Å². The van der Waals surface area contributed by atoms with Crippen LogP contribution in [0.25, 0.3) is 11.6 Å². The lowest BCUT2D eigenvalue weighted by Gasteiger charge is -1.80. The molecule has 62 valence electrons. The molecule has 6 heteroatoms. The minimum atomic E-state index is 0.467. The van der Waals surface area contributed by atoms with E-state index in [1.54, 1.807) is 6.92 Å². The second-order valence-electron chi connectivity index (χ2n) is 2.13. The molecular formula is C6H4BrN3OS. The molecule has 0 unspecified atom stereocenters. The average molecular weight is 246 g/mol. The third-order valence-electron chi connectivity index (χ3n) is 1.22. The van der Waals surface area contributed by atoms with E-state index in [9.17, 15) is 0 Å². The van der Waals surface area contributed by atoms with Crippen molar-refractivity contribution < 1.29 is 4.52 Å². The van der Waals surface area contributed by atoms with Gasteiger partial charge in [-0.2, -0.15) is 4.98 Å². The van der Waals surface area contributed by atoms with Crippen molar-refractivity contribution in [2.24, 2.45) is 0 Å². The van der Waals surface area contributed by atoms with Crippen molar-refractivity contribution in [1.29, 1.82) is 0 Å². The van der Waals surface area contributed by atoms with Gasteiger partial charge in [-0.15, -0.1) is 11.3 Å². The summed E-state index contributed by atoms with van der Waals surface area (Å²) in [6.45, 7) is 1.77. The average Bonchev–Trinajstić information content (AvgIpc) is 2.58. The molecule has 2 heterocycles. The van der Waals surface area contributed by atoms with Crippen LogP contribution in [0, 0.1) is 6.92 Å². The molecule has 2 aromatic rings. The van der Waals surface area contributed by atoms with E-state index >= 15 is 0 Å². The summed E-state index contributed by atoms with van der Waals surface area (Å²) in [4.78, 5) is 8.17. The molecule has 0 aliphatic carbocycles. The highest BCUT2D eigenvalue weighted by atomic mass is 79.9. The smallest absolute Gasteiger partial charge is 0.277 e. The third kappa shape index (κ3) is 1.39. The quantitative estimate of drug-likeness (QED) is 0.774. The molecule has 0 atom stereocenters. The van der Waals surface area contributed by atoms with Gasteiger partial charge in [0.15, 0.2) is 9.74 Å². The van der Waals surface area contributed by atoms with E-state index in [0.717, 1.165) is 3.92 Å². The number of aryl methyl sites for hydroxylation is 1. The molecule has 0 aromatic carbocycles. The number of nitrogens with zero attached hydrogens (tertiary/aromatic N) is 3. The Labute approximate surface area is 80.8 Å². The van der Waals surface area contributed by atoms with E-state index < -0.39 is 0 Å². The lowest BCUT2D eigenvalue weighted by Crippen LogP contribution is -1.76. The number of thiazole rings is 1. The Balaban J connectivity index is 2.43. The fourth-order valence-electron chi connectivity index (χ4n) is 0.751. The van der Waals surface area contributed by atoms with Gasteiger partial charge in [0.1, 0.15) is 5.69 Å². The Bertz CT molecular complexity index is 359. The van der Waals surface area contributed by atoms with Gasteiger partial charge in [0.25, 0.3) is 5.89 Å². The Morgan fingerprint density at radius 3 is 2.83 bits per heavy atom. The predicted octanol–water partition coefficient (Wildman–Crippen LogP) is 2.26. The van der Waals surface area contributed by atoms with Crippen LogP contribution in [-0.4, -0.2) is 15.1 Å². The van der Waals surface area contributed by atoms with Gasteiger partial charge < -0.3 is 4.52 Å². The molecule has 2 aromatic heterocycles. The summed E-state index contributed by atoms with van der Waals surface area (Å²) in [5.74, 6) is 1.09. The first-order valence-electron chi connectivity index (χ1n) is 3.17. The molecule has 0 aliphatic heterocycles. The van der Waals surface area contributed by atoms with Crippen molar-refractivity contribution in [3.05, 3.63) is 15.1 Å². The molecule has 0 radical (unpaired) electrons. The summed E-state index contributed by atoms with van der Waals surface area (Å²) >= 11 is 4.74. The first-order chi connectivity index (χ1) is 5.75. The van der Waals surface area contributed by atoms with Crippen LogP contribution in [0.5, 0.6) is 0 Å². The van der Waals surface area contributed by atoms with Crippen LogP contribution in [0.1, 0.15) is 5.82 Å². The summed E-state index contributed by atoms with van der Waals surface area (Å²) in [5.41, 5.74) is 0.715. The number of hydrogen-bond donors (Lipinski definition) is 0. The summed E-state index contributed by atoms with van der Waals surface area (Å²) in [6, 6.07) is 0. The monoisotopic (exact) mass is 245 g/mol.